The molecule has 1 fully saturated rings. The van der Waals surface area contributed by atoms with Gasteiger partial charge in [-0.05, 0) is 49.8 Å². The van der Waals surface area contributed by atoms with Crippen molar-refractivity contribution in [1.29, 1.82) is 0 Å². The van der Waals surface area contributed by atoms with Gasteiger partial charge >= 0.3 is 6.03 Å². The van der Waals surface area contributed by atoms with Crippen molar-refractivity contribution in [2.24, 2.45) is 0 Å². The third-order valence-electron chi connectivity index (χ3n) is 5.13. The van der Waals surface area contributed by atoms with E-state index in [1.807, 2.05) is 36.9 Å². The Hall–Kier alpha value is -2.50. The van der Waals surface area contributed by atoms with Gasteiger partial charge in [-0.3, -0.25) is 0 Å². The van der Waals surface area contributed by atoms with E-state index in [0.29, 0.717) is 12.3 Å². The molecule has 2 amide bonds. The molecular weight excluding hydrogens is 342 g/mol. The van der Waals surface area contributed by atoms with E-state index in [9.17, 15) is 9.90 Å². The summed E-state index contributed by atoms with van der Waals surface area (Å²) in [6, 6.07) is 9.45. The van der Waals surface area contributed by atoms with Gasteiger partial charge in [0.15, 0.2) is 0 Å². The van der Waals surface area contributed by atoms with E-state index < -0.39 is 0 Å². The normalized spacial score (nSPS) is 17.3. The Morgan fingerprint density at radius 2 is 2.22 bits per heavy atom. The number of rotatable bonds is 6. The van der Waals surface area contributed by atoms with Crippen molar-refractivity contribution >= 4 is 6.03 Å². The van der Waals surface area contributed by atoms with Gasteiger partial charge in [-0.1, -0.05) is 31.1 Å². The summed E-state index contributed by atoms with van der Waals surface area (Å²) in [6.07, 6.45) is 4.96. The van der Waals surface area contributed by atoms with Crippen LogP contribution in [0.1, 0.15) is 62.5 Å². The second kappa shape index (κ2) is 8.93. The number of nitrogens with one attached hydrogen (secondary N) is 1. The largest absolute Gasteiger partial charge is 0.508 e. The van der Waals surface area contributed by atoms with Crippen molar-refractivity contribution in [3.05, 3.63) is 47.3 Å². The Morgan fingerprint density at radius 1 is 1.37 bits per heavy atom. The Bertz CT molecular complexity index is 757. The third-order valence-corrected chi connectivity index (χ3v) is 5.13. The van der Waals surface area contributed by atoms with E-state index in [-0.39, 0.29) is 18.0 Å². The standard InChI is InChI=1S/C21H29N3O3/c1-15(2)20-13-17(23-27-20)14-22-21(26)24-11-4-3-7-18(24)10-9-16-6-5-8-19(25)12-16/h5-6,8,12-13,15,18,25H,3-4,7,9-11,14H2,1-2H3,(H,22,26). The molecular formula is C21H29N3O3. The van der Waals surface area contributed by atoms with Crippen molar-refractivity contribution in [3.8, 4) is 5.75 Å². The number of nitrogens with zero attached hydrogens (tertiary/aromatic N) is 2. The second-order valence-electron chi connectivity index (χ2n) is 7.59. The molecule has 0 saturated carbocycles. The number of carbonyl (C=O) groups excluding carboxylic acids is 1. The number of aromatic nitrogens is 1. The maximum Gasteiger partial charge on any atom is 0.317 e. The highest BCUT2D eigenvalue weighted by atomic mass is 16.5. The summed E-state index contributed by atoms with van der Waals surface area (Å²) in [7, 11) is 0. The molecule has 1 aromatic heterocycles. The minimum Gasteiger partial charge on any atom is -0.508 e. The molecule has 6 nitrogen and oxygen atoms in total. The molecule has 1 unspecified atom stereocenters. The van der Waals surface area contributed by atoms with Crippen molar-refractivity contribution in [2.45, 2.75) is 64.5 Å². The maximum absolute atomic E-state index is 12.7. The van der Waals surface area contributed by atoms with Crippen LogP contribution in [0.5, 0.6) is 5.75 Å². The van der Waals surface area contributed by atoms with Crippen LogP contribution in [-0.4, -0.2) is 33.8 Å². The number of piperidine rings is 1. The zero-order chi connectivity index (χ0) is 19.2. The summed E-state index contributed by atoms with van der Waals surface area (Å²) in [5.41, 5.74) is 1.85. The highest BCUT2D eigenvalue weighted by Crippen LogP contribution is 2.23. The van der Waals surface area contributed by atoms with Crippen molar-refractivity contribution in [1.82, 2.24) is 15.4 Å². The fraction of sp³-hybridized carbons (Fsp3) is 0.524. The molecule has 27 heavy (non-hydrogen) atoms. The van der Waals surface area contributed by atoms with E-state index >= 15 is 0 Å². The summed E-state index contributed by atoms with van der Waals surface area (Å²) >= 11 is 0. The van der Waals surface area contributed by atoms with Gasteiger partial charge in [-0.25, -0.2) is 4.79 Å². The summed E-state index contributed by atoms with van der Waals surface area (Å²) < 4.78 is 5.29. The number of amides is 2. The molecule has 1 atom stereocenters. The number of phenols is 1. The molecule has 1 aliphatic rings. The van der Waals surface area contributed by atoms with Crippen LogP contribution >= 0.6 is 0 Å². The first-order valence-corrected chi connectivity index (χ1v) is 9.81. The number of likely N-dealkylation sites (tertiary alicyclic amines) is 1. The fourth-order valence-electron chi connectivity index (χ4n) is 3.56. The van der Waals surface area contributed by atoms with E-state index in [1.165, 1.54) is 0 Å². The molecule has 1 aromatic carbocycles. The number of aryl methyl sites for hydroxylation is 1. The molecule has 2 aromatic rings. The molecule has 1 saturated heterocycles. The molecule has 2 N–H and O–H groups in total. The Kier molecular flexibility index (Phi) is 6.37. The van der Waals surface area contributed by atoms with Crippen molar-refractivity contribution < 1.29 is 14.4 Å². The molecule has 0 aliphatic carbocycles. The number of hydrogen-bond donors (Lipinski definition) is 2. The lowest BCUT2D eigenvalue weighted by Crippen LogP contribution is -2.48. The molecule has 6 heteroatoms. The molecule has 0 bridgehead atoms. The van der Waals surface area contributed by atoms with Gasteiger partial charge in [0.05, 0.1) is 6.54 Å². The van der Waals surface area contributed by atoms with Gasteiger partial charge in [-0.2, -0.15) is 0 Å². The number of carbonyl (C=O) groups is 1. The van der Waals surface area contributed by atoms with Gasteiger partial charge in [-0.15, -0.1) is 0 Å². The SMILES string of the molecule is CC(C)c1cc(CNC(=O)N2CCCCC2CCc2cccc(O)c2)no1. The van der Waals surface area contributed by atoms with Crippen LogP contribution in [0.3, 0.4) is 0 Å². The van der Waals surface area contributed by atoms with E-state index in [2.05, 4.69) is 10.5 Å². The van der Waals surface area contributed by atoms with E-state index in [0.717, 1.165) is 55.7 Å². The fourth-order valence-corrected chi connectivity index (χ4v) is 3.56. The quantitative estimate of drug-likeness (QED) is 0.798. The highest BCUT2D eigenvalue weighted by molar-refractivity contribution is 5.74. The minimum absolute atomic E-state index is 0.0373. The molecule has 0 spiro atoms. The van der Waals surface area contributed by atoms with Crippen LogP contribution in [0.25, 0.3) is 0 Å². The first kappa shape index (κ1) is 19.3. The molecule has 0 radical (unpaired) electrons. The van der Waals surface area contributed by atoms with Gasteiger partial charge in [0.2, 0.25) is 0 Å². The lowest BCUT2D eigenvalue weighted by Gasteiger charge is -2.35. The average molecular weight is 371 g/mol. The van der Waals surface area contributed by atoms with Crippen LogP contribution in [0.4, 0.5) is 4.79 Å². The average Bonchev–Trinajstić information content (AvgIpc) is 3.14. The summed E-state index contributed by atoms with van der Waals surface area (Å²) in [4.78, 5) is 14.7. The van der Waals surface area contributed by atoms with Crippen molar-refractivity contribution in [3.63, 3.8) is 0 Å². The maximum atomic E-state index is 12.7. The first-order valence-electron chi connectivity index (χ1n) is 9.81. The van der Waals surface area contributed by atoms with E-state index in [4.69, 9.17) is 4.52 Å². The Balaban J connectivity index is 1.54. The smallest absolute Gasteiger partial charge is 0.317 e. The van der Waals surface area contributed by atoms with Crippen molar-refractivity contribution in [2.75, 3.05) is 6.54 Å². The number of urea groups is 1. The summed E-state index contributed by atoms with van der Waals surface area (Å²) in [6.45, 7) is 5.26. The van der Waals surface area contributed by atoms with Crippen LogP contribution in [0.15, 0.2) is 34.9 Å². The minimum atomic E-state index is -0.0373. The summed E-state index contributed by atoms with van der Waals surface area (Å²) in [5, 5.41) is 16.6. The number of hydrogen-bond acceptors (Lipinski definition) is 4. The van der Waals surface area contributed by atoms with Crippen LogP contribution in [-0.2, 0) is 13.0 Å². The van der Waals surface area contributed by atoms with Crippen LogP contribution in [0, 0.1) is 0 Å². The van der Waals surface area contributed by atoms with Crippen LogP contribution < -0.4 is 5.32 Å². The van der Waals surface area contributed by atoms with Gasteiger partial charge in [0.1, 0.15) is 17.2 Å². The van der Waals surface area contributed by atoms with Crippen LogP contribution in [0.2, 0.25) is 0 Å². The second-order valence-corrected chi connectivity index (χ2v) is 7.59. The zero-order valence-electron chi connectivity index (χ0n) is 16.1. The number of aromatic hydroxyl groups is 1. The molecule has 3 rings (SSSR count). The highest BCUT2D eigenvalue weighted by Gasteiger charge is 2.26. The molecule has 1 aliphatic heterocycles. The van der Waals surface area contributed by atoms with Gasteiger partial charge < -0.3 is 19.8 Å². The number of phenolic OH excluding ortho intramolecular Hbond substituents is 1. The monoisotopic (exact) mass is 371 g/mol. The predicted octanol–water partition coefficient (Wildman–Crippen LogP) is 4.20. The lowest BCUT2D eigenvalue weighted by atomic mass is 9.96. The predicted molar refractivity (Wildman–Crippen MR) is 104 cm³/mol. The lowest BCUT2D eigenvalue weighted by molar-refractivity contribution is 0.146. The molecule has 2 heterocycles. The number of benzene rings is 1. The summed E-state index contributed by atoms with van der Waals surface area (Å²) in [5.74, 6) is 1.41. The first-order chi connectivity index (χ1) is 13.0. The zero-order valence-corrected chi connectivity index (χ0v) is 16.1. The molecule has 146 valence electrons. The Labute approximate surface area is 160 Å². The van der Waals surface area contributed by atoms with E-state index in [1.54, 1.807) is 12.1 Å². The van der Waals surface area contributed by atoms with Gasteiger partial charge in [0, 0.05) is 24.6 Å². The Morgan fingerprint density at radius 3 is 2.96 bits per heavy atom. The van der Waals surface area contributed by atoms with Gasteiger partial charge in [0.25, 0.3) is 0 Å². The third kappa shape index (κ3) is 5.25. The topological polar surface area (TPSA) is 78.6 Å².